The average molecular weight is 362 g/mol. The molecule has 1 aromatic carbocycles. The molecule has 1 heterocycles. The second-order valence-corrected chi connectivity index (χ2v) is 6.13. The van der Waals surface area contributed by atoms with Crippen molar-refractivity contribution in [1.82, 2.24) is 4.90 Å². The van der Waals surface area contributed by atoms with Crippen molar-refractivity contribution in [2.45, 2.75) is 39.2 Å². The monoisotopic (exact) mass is 362 g/mol. The third kappa shape index (κ3) is 5.56. The number of anilines is 1. The van der Waals surface area contributed by atoms with Crippen molar-refractivity contribution >= 4 is 23.5 Å². The molecule has 0 aromatic heterocycles. The fraction of sp³-hybridized carbons (Fsp3) is 0.526. The van der Waals surface area contributed by atoms with Gasteiger partial charge in [-0.15, -0.1) is 0 Å². The van der Waals surface area contributed by atoms with E-state index in [0.717, 1.165) is 12.8 Å². The summed E-state index contributed by atoms with van der Waals surface area (Å²) >= 11 is 0. The van der Waals surface area contributed by atoms with Crippen LogP contribution in [0.3, 0.4) is 0 Å². The van der Waals surface area contributed by atoms with E-state index >= 15 is 0 Å². The van der Waals surface area contributed by atoms with Crippen molar-refractivity contribution in [2.75, 3.05) is 31.6 Å². The Kier molecular flexibility index (Phi) is 7.59. The summed E-state index contributed by atoms with van der Waals surface area (Å²) in [5.74, 6) is -1.01. The smallest absolute Gasteiger partial charge is 0.338 e. The van der Waals surface area contributed by atoms with Crippen LogP contribution in [0.4, 0.5) is 5.69 Å². The number of likely N-dealkylation sites (N-methyl/N-ethyl adjacent to an activating group) is 1. The second-order valence-electron chi connectivity index (χ2n) is 6.13. The standard InChI is InChI=1S/C19H26N2O5/c1-3-5-11-25-18(23)14-6-8-15(9-7-14)20-17(22)13-16-19(24)26-12-10-21(16)4-2/h6-9,16H,3-5,10-13H2,1-2H3,(H,20,22). The van der Waals surface area contributed by atoms with Gasteiger partial charge in [-0.25, -0.2) is 4.79 Å². The molecule has 7 heteroatoms. The van der Waals surface area contributed by atoms with Crippen LogP contribution in [0.25, 0.3) is 0 Å². The fourth-order valence-electron chi connectivity index (χ4n) is 2.73. The fourth-order valence-corrected chi connectivity index (χ4v) is 2.73. The molecule has 26 heavy (non-hydrogen) atoms. The predicted molar refractivity (Wildman–Crippen MR) is 96.9 cm³/mol. The Morgan fingerprint density at radius 1 is 1.27 bits per heavy atom. The summed E-state index contributed by atoms with van der Waals surface area (Å²) in [5.41, 5.74) is 0.999. The van der Waals surface area contributed by atoms with Gasteiger partial charge in [0.15, 0.2) is 0 Å². The van der Waals surface area contributed by atoms with E-state index in [4.69, 9.17) is 9.47 Å². The Morgan fingerprint density at radius 2 is 2.00 bits per heavy atom. The zero-order valence-corrected chi connectivity index (χ0v) is 15.3. The van der Waals surface area contributed by atoms with Crippen LogP contribution in [-0.2, 0) is 19.1 Å². The van der Waals surface area contributed by atoms with E-state index < -0.39 is 6.04 Å². The van der Waals surface area contributed by atoms with Gasteiger partial charge in [0.05, 0.1) is 18.6 Å². The number of carbonyl (C=O) groups excluding carboxylic acids is 3. The highest BCUT2D eigenvalue weighted by atomic mass is 16.5. The van der Waals surface area contributed by atoms with Gasteiger partial charge in [-0.3, -0.25) is 14.5 Å². The van der Waals surface area contributed by atoms with Gasteiger partial charge in [-0.1, -0.05) is 20.3 Å². The number of carbonyl (C=O) groups is 3. The lowest BCUT2D eigenvalue weighted by atomic mass is 10.1. The quantitative estimate of drug-likeness (QED) is 0.564. The summed E-state index contributed by atoms with van der Waals surface area (Å²) in [7, 11) is 0. The maximum atomic E-state index is 12.2. The summed E-state index contributed by atoms with van der Waals surface area (Å²) < 4.78 is 10.2. The molecule has 0 spiro atoms. The van der Waals surface area contributed by atoms with Crippen molar-refractivity contribution in [1.29, 1.82) is 0 Å². The molecule has 142 valence electrons. The molecule has 1 unspecified atom stereocenters. The molecule has 1 aliphatic rings. The van der Waals surface area contributed by atoms with E-state index in [2.05, 4.69) is 5.32 Å². The number of nitrogens with one attached hydrogen (secondary N) is 1. The van der Waals surface area contributed by atoms with Gasteiger partial charge < -0.3 is 14.8 Å². The molecule has 0 aliphatic carbocycles. The minimum absolute atomic E-state index is 0.0352. The van der Waals surface area contributed by atoms with Crippen molar-refractivity contribution in [3.8, 4) is 0 Å². The third-order valence-corrected chi connectivity index (χ3v) is 4.26. The lowest BCUT2D eigenvalue weighted by Crippen LogP contribution is -2.50. The van der Waals surface area contributed by atoms with Crippen LogP contribution < -0.4 is 5.32 Å². The Labute approximate surface area is 153 Å². The summed E-state index contributed by atoms with van der Waals surface area (Å²) in [4.78, 5) is 37.9. The number of hydrogen-bond acceptors (Lipinski definition) is 6. The molecule has 1 amide bonds. The third-order valence-electron chi connectivity index (χ3n) is 4.26. The van der Waals surface area contributed by atoms with E-state index in [1.165, 1.54) is 0 Å². The molecular formula is C19H26N2O5. The van der Waals surface area contributed by atoms with Gasteiger partial charge in [-0.2, -0.15) is 0 Å². The summed E-state index contributed by atoms with van der Waals surface area (Å²) in [5, 5.41) is 2.75. The van der Waals surface area contributed by atoms with Crippen molar-refractivity contribution in [2.24, 2.45) is 0 Å². The number of amides is 1. The Hall–Kier alpha value is -2.41. The number of rotatable bonds is 8. The molecule has 1 aromatic rings. The SMILES string of the molecule is CCCCOC(=O)c1ccc(NC(=O)CC2C(=O)OCCN2CC)cc1. The first-order chi connectivity index (χ1) is 12.5. The number of morpholine rings is 1. The number of cyclic esters (lactones) is 1. The molecule has 1 aliphatic heterocycles. The number of esters is 2. The van der Waals surface area contributed by atoms with Crippen LogP contribution in [0, 0.1) is 0 Å². The van der Waals surface area contributed by atoms with Crippen molar-refractivity contribution in [3.63, 3.8) is 0 Å². The first kappa shape index (κ1) is 19.9. The van der Waals surface area contributed by atoms with Crippen LogP contribution >= 0.6 is 0 Å². The van der Waals surface area contributed by atoms with Gasteiger partial charge in [0.25, 0.3) is 0 Å². The first-order valence-corrected chi connectivity index (χ1v) is 9.02. The molecule has 2 rings (SSSR count). The maximum Gasteiger partial charge on any atom is 0.338 e. The topological polar surface area (TPSA) is 84.9 Å². The zero-order chi connectivity index (χ0) is 18.9. The first-order valence-electron chi connectivity index (χ1n) is 9.02. The highest BCUT2D eigenvalue weighted by Crippen LogP contribution is 2.15. The van der Waals surface area contributed by atoms with Gasteiger partial charge in [0, 0.05) is 12.2 Å². The molecule has 7 nitrogen and oxygen atoms in total. The number of ether oxygens (including phenoxy) is 2. The van der Waals surface area contributed by atoms with Crippen LogP contribution in [0.15, 0.2) is 24.3 Å². The average Bonchev–Trinajstić information content (AvgIpc) is 2.64. The van der Waals surface area contributed by atoms with E-state index in [1.807, 2.05) is 18.7 Å². The number of unbranched alkanes of at least 4 members (excludes halogenated alkanes) is 1. The lowest BCUT2D eigenvalue weighted by Gasteiger charge is -2.32. The number of nitrogens with zero attached hydrogens (tertiary/aromatic N) is 1. The molecule has 1 atom stereocenters. The van der Waals surface area contributed by atoms with E-state index in [1.54, 1.807) is 24.3 Å². The highest BCUT2D eigenvalue weighted by Gasteiger charge is 2.32. The van der Waals surface area contributed by atoms with Crippen molar-refractivity contribution < 1.29 is 23.9 Å². The minimum Gasteiger partial charge on any atom is -0.463 e. The number of benzene rings is 1. The van der Waals surface area contributed by atoms with Crippen molar-refractivity contribution in [3.05, 3.63) is 29.8 Å². The predicted octanol–water partition coefficient (Wildman–Crippen LogP) is 2.22. The molecular weight excluding hydrogens is 336 g/mol. The maximum absolute atomic E-state index is 12.2. The van der Waals surface area contributed by atoms with Crippen LogP contribution in [0.2, 0.25) is 0 Å². The Morgan fingerprint density at radius 3 is 2.65 bits per heavy atom. The molecule has 1 saturated heterocycles. The van der Waals surface area contributed by atoms with Gasteiger partial charge in [0.1, 0.15) is 12.6 Å². The van der Waals surface area contributed by atoms with Crippen LogP contribution in [0.1, 0.15) is 43.5 Å². The van der Waals surface area contributed by atoms with Gasteiger partial charge in [-0.05, 0) is 37.2 Å². The molecule has 0 bridgehead atoms. The molecule has 1 fully saturated rings. The second kappa shape index (κ2) is 9.91. The van der Waals surface area contributed by atoms with Gasteiger partial charge in [0.2, 0.25) is 5.91 Å². The van der Waals surface area contributed by atoms with Crippen LogP contribution in [-0.4, -0.2) is 55.1 Å². The Balaban J connectivity index is 1.88. The summed E-state index contributed by atoms with van der Waals surface area (Å²) in [6.45, 7) is 6.05. The normalized spacial score (nSPS) is 17.5. The summed E-state index contributed by atoms with van der Waals surface area (Å²) in [6, 6.07) is 5.95. The minimum atomic E-state index is -0.554. The lowest BCUT2D eigenvalue weighted by molar-refractivity contribution is -0.158. The molecule has 0 radical (unpaired) electrons. The van der Waals surface area contributed by atoms with E-state index in [0.29, 0.717) is 37.6 Å². The zero-order valence-electron chi connectivity index (χ0n) is 15.3. The van der Waals surface area contributed by atoms with E-state index in [9.17, 15) is 14.4 Å². The number of hydrogen-bond donors (Lipinski definition) is 1. The molecule has 0 saturated carbocycles. The highest BCUT2D eigenvalue weighted by molar-refractivity contribution is 5.95. The van der Waals surface area contributed by atoms with Crippen LogP contribution in [0.5, 0.6) is 0 Å². The van der Waals surface area contributed by atoms with Gasteiger partial charge >= 0.3 is 11.9 Å². The molecule has 1 N–H and O–H groups in total. The largest absolute Gasteiger partial charge is 0.463 e. The Bertz CT molecular complexity index is 629. The summed E-state index contributed by atoms with van der Waals surface area (Å²) in [6.07, 6.45) is 1.83. The van der Waals surface area contributed by atoms with E-state index in [-0.39, 0.29) is 24.3 Å².